The van der Waals surface area contributed by atoms with E-state index in [4.69, 9.17) is 21.1 Å². The molecule has 6 heteroatoms. The number of morpholine rings is 1. The maximum Gasteiger partial charge on any atom is 0.260 e. The van der Waals surface area contributed by atoms with Crippen molar-refractivity contribution < 1.29 is 14.3 Å². The van der Waals surface area contributed by atoms with E-state index >= 15 is 0 Å². The van der Waals surface area contributed by atoms with Crippen LogP contribution in [0.5, 0.6) is 5.75 Å². The Morgan fingerprint density at radius 1 is 1.45 bits per heavy atom. The molecule has 0 aliphatic carbocycles. The fourth-order valence-corrected chi connectivity index (χ4v) is 2.37. The van der Waals surface area contributed by atoms with Gasteiger partial charge in [0.25, 0.3) is 5.91 Å². The summed E-state index contributed by atoms with van der Waals surface area (Å²) >= 11 is 5.97. The molecule has 1 aromatic carbocycles. The maximum absolute atomic E-state index is 12.0. The van der Waals surface area contributed by atoms with E-state index in [0.29, 0.717) is 17.3 Å². The number of nitrogens with zero attached hydrogens (tertiary/aromatic N) is 1. The molecule has 0 bridgehead atoms. The molecule has 1 N–H and O–H groups in total. The second kappa shape index (κ2) is 8.36. The van der Waals surface area contributed by atoms with Crippen LogP contribution in [0.1, 0.15) is 12.5 Å². The van der Waals surface area contributed by atoms with Gasteiger partial charge in [0.1, 0.15) is 5.75 Å². The molecule has 1 unspecified atom stereocenters. The van der Waals surface area contributed by atoms with Gasteiger partial charge in [-0.3, -0.25) is 9.69 Å². The molecule has 2 rings (SSSR count). The fourth-order valence-electron chi connectivity index (χ4n) is 2.25. The molecule has 1 atom stereocenters. The number of amides is 1. The van der Waals surface area contributed by atoms with Crippen LogP contribution in [0, 0.1) is 6.92 Å². The third-order valence-electron chi connectivity index (χ3n) is 3.64. The van der Waals surface area contributed by atoms with Gasteiger partial charge in [0, 0.05) is 31.2 Å². The summed E-state index contributed by atoms with van der Waals surface area (Å²) in [7, 11) is 0. The topological polar surface area (TPSA) is 50.8 Å². The molecule has 1 aliphatic heterocycles. The van der Waals surface area contributed by atoms with Crippen LogP contribution >= 0.6 is 11.6 Å². The van der Waals surface area contributed by atoms with Crippen LogP contribution in [0.3, 0.4) is 0 Å². The van der Waals surface area contributed by atoms with Crippen molar-refractivity contribution in [3.05, 3.63) is 28.8 Å². The van der Waals surface area contributed by atoms with Crippen molar-refractivity contribution in [3.8, 4) is 5.75 Å². The van der Waals surface area contributed by atoms with Crippen molar-refractivity contribution in [2.24, 2.45) is 0 Å². The lowest BCUT2D eigenvalue weighted by molar-refractivity contribution is -0.127. The highest BCUT2D eigenvalue weighted by Gasteiger charge is 2.15. The molecule has 22 heavy (non-hydrogen) atoms. The monoisotopic (exact) mass is 326 g/mol. The predicted octanol–water partition coefficient (Wildman–Crippen LogP) is 1.86. The number of hydrogen-bond acceptors (Lipinski definition) is 4. The number of ether oxygens (including phenoxy) is 2. The lowest BCUT2D eigenvalue weighted by Crippen LogP contribution is -2.43. The van der Waals surface area contributed by atoms with Crippen LogP contribution in [0.4, 0.5) is 0 Å². The quantitative estimate of drug-likeness (QED) is 0.867. The Hall–Kier alpha value is -1.30. The minimum absolute atomic E-state index is 0.110. The van der Waals surface area contributed by atoms with Gasteiger partial charge in [0.2, 0.25) is 0 Å². The van der Waals surface area contributed by atoms with Crippen molar-refractivity contribution in [3.63, 3.8) is 0 Å². The van der Waals surface area contributed by atoms with Crippen LogP contribution in [-0.4, -0.2) is 56.3 Å². The average molecular weight is 327 g/mol. The van der Waals surface area contributed by atoms with Gasteiger partial charge in [-0.15, -0.1) is 0 Å². The van der Waals surface area contributed by atoms with Gasteiger partial charge in [0.05, 0.1) is 13.2 Å². The minimum Gasteiger partial charge on any atom is -0.481 e. The van der Waals surface area contributed by atoms with E-state index in [1.165, 1.54) is 0 Å². The van der Waals surface area contributed by atoms with E-state index in [0.717, 1.165) is 38.4 Å². The summed E-state index contributed by atoms with van der Waals surface area (Å²) < 4.78 is 10.9. The zero-order valence-corrected chi connectivity index (χ0v) is 13.9. The Morgan fingerprint density at radius 3 is 2.86 bits per heavy atom. The van der Waals surface area contributed by atoms with Crippen molar-refractivity contribution in [2.45, 2.75) is 20.0 Å². The molecule has 0 radical (unpaired) electrons. The largest absolute Gasteiger partial charge is 0.481 e. The average Bonchev–Trinajstić information content (AvgIpc) is 2.52. The van der Waals surface area contributed by atoms with Gasteiger partial charge < -0.3 is 14.8 Å². The van der Waals surface area contributed by atoms with Gasteiger partial charge in [-0.1, -0.05) is 11.6 Å². The van der Waals surface area contributed by atoms with E-state index in [9.17, 15) is 4.79 Å². The van der Waals surface area contributed by atoms with E-state index in [-0.39, 0.29) is 5.91 Å². The second-order valence-electron chi connectivity index (χ2n) is 5.42. The van der Waals surface area contributed by atoms with Gasteiger partial charge >= 0.3 is 0 Å². The first-order chi connectivity index (χ1) is 10.6. The number of halogens is 1. The van der Waals surface area contributed by atoms with E-state index in [2.05, 4.69) is 10.2 Å². The maximum atomic E-state index is 12.0. The van der Waals surface area contributed by atoms with E-state index in [1.807, 2.05) is 13.0 Å². The fraction of sp³-hybridized carbons (Fsp3) is 0.562. The van der Waals surface area contributed by atoms with Gasteiger partial charge in [-0.25, -0.2) is 0 Å². The molecule has 122 valence electrons. The summed E-state index contributed by atoms with van der Waals surface area (Å²) in [4.78, 5) is 14.3. The van der Waals surface area contributed by atoms with Crippen LogP contribution in [-0.2, 0) is 9.53 Å². The number of benzene rings is 1. The van der Waals surface area contributed by atoms with Crippen molar-refractivity contribution in [1.82, 2.24) is 10.2 Å². The Kier molecular flexibility index (Phi) is 6.49. The number of hydrogen-bond donors (Lipinski definition) is 1. The first-order valence-corrected chi connectivity index (χ1v) is 7.94. The van der Waals surface area contributed by atoms with Crippen LogP contribution in [0.25, 0.3) is 0 Å². The molecule has 1 amide bonds. The molecule has 1 fully saturated rings. The molecule has 5 nitrogen and oxygen atoms in total. The minimum atomic E-state index is -0.537. The third kappa shape index (κ3) is 5.16. The smallest absolute Gasteiger partial charge is 0.260 e. The summed E-state index contributed by atoms with van der Waals surface area (Å²) in [6.07, 6.45) is -0.537. The van der Waals surface area contributed by atoms with Crippen molar-refractivity contribution in [2.75, 3.05) is 39.4 Å². The summed E-state index contributed by atoms with van der Waals surface area (Å²) in [5.41, 5.74) is 0.930. The van der Waals surface area contributed by atoms with Gasteiger partial charge in [-0.05, 0) is 37.6 Å². The lowest BCUT2D eigenvalue weighted by atomic mass is 10.2. The Labute approximate surface area is 136 Å². The second-order valence-corrected chi connectivity index (χ2v) is 5.82. The molecular formula is C16H23ClN2O3. The number of aryl methyl sites for hydroxylation is 1. The number of carbonyl (C=O) groups is 1. The highest BCUT2D eigenvalue weighted by molar-refractivity contribution is 6.31. The summed E-state index contributed by atoms with van der Waals surface area (Å²) in [6.45, 7) is 8.48. The SMILES string of the molecule is Cc1cc(OC(C)C(=O)NCCN2CCOCC2)ccc1Cl. The van der Waals surface area contributed by atoms with E-state index in [1.54, 1.807) is 19.1 Å². The highest BCUT2D eigenvalue weighted by atomic mass is 35.5. The Morgan fingerprint density at radius 2 is 2.18 bits per heavy atom. The molecule has 1 heterocycles. The molecule has 0 spiro atoms. The highest BCUT2D eigenvalue weighted by Crippen LogP contribution is 2.21. The van der Waals surface area contributed by atoms with Crippen LogP contribution in [0.15, 0.2) is 18.2 Å². The Balaban J connectivity index is 1.73. The van der Waals surface area contributed by atoms with Gasteiger partial charge in [0.15, 0.2) is 6.10 Å². The molecule has 0 saturated carbocycles. The number of carbonyl (C=O) groups excluding carboxylic acids is 1. The molecule has 0 aromatic heterocycles. The zero-order valence-electron chi connectivity index (χ0n) is 13.1. The van der Waals surface area contributed by atoms with Gasteiger partial charge in [-0.2, -0.15) is 0 Å². The molecule has 1 aromatic rings. The standard InChI is InChI=1S/C16H23ClN2O3/c1-12-11-14(3-4-15(12)17)22-13(2)16(20)18-5-6-19-7-9-21-10-8-19/h3-4,11,13H,5-10H2,1-2H3,(H,18,20). The van der Waals surface area contributed by atoms with Crippen molar-refractivity contribution >= 4 is 17.5 Å². The summed E-state index contributed by atoms with van der Waals surface area (Å²) in [5, 5.41) is 3.59. The van der Waals surface area contributed by atoms with Crippen LogP contribution < -0.4 is 10.1 Å². The lowest BCUT2D eigenvalue weighted by Gasteiger charge is -2.26. The van der Waals surface area contributed by atoms with E-state index < -0.39 is 6.10 Å². The Bertz CT molecular complexity index is 504. The first kappa shape index (κ1) is 17.1. The van der Waals surface area contributed by atoms with Crippen molar-refractivity contribution in [1.29, 1.82) is 0 Å². The molecular weight excluding hydrogens is 304 g/mol. The summed E-state index contributed by atoms with van der Waals surface area (Å²) in [5.74, 6) is 0.540. The third-order valence-corrected chi connectivity index (χ3v) is 4.07. The zero-order chi connectivity index (χ0) is 15.9. The van der Waals surface area contributed by atoms with Crippen LogP contribution in [0.2, 0.25) is 5.02 Å². The number of rotatable bonds is 6. The summed E-state index contributed by atoms with van der Waals surface area (Å²) in [6, 6.07) is 5.38. The molecule has 1 saturated heterocycles. The number of nitrogens with one attached hydrogen (secondary N) is 1. The first-order valence-electron chi connectivity index (χ1n) is 7.57. The predicted molar refractivity (Wildman–Crippen MR) is 86.5 cm³/mol. The molecule has 1 aliphatic rings. The normalized spacial score (nSPS) is 17.0.